The number of rotatable bonds is 7. The van der Waals surface area contributed by atoms with Crippen LogP contribution in [0.25, 0.3) is 44.6 Å². The highest BCUT2D eigenvalue weighted by Crippen LogP contribution is 2.31. The molecule has 0 bridgehead atoms. The molecule has 2 aliphatic heterocycles. The van der Waals surface area contributed by atoms with E-state index in [0.29, 0.717) is 115 Å². The zero-order chi connectivity index (χ0) is 35.6. The van der Waals surface area contributed by atoms with Crippen LogP contribution in [0.4, 0.5) is 11.9 Å². The van der Waals surface area contributed by atoms with E-state index in [1.807, 2.05) is 34.1 Å². The molecule has 15 nitrogen and oxygen atoms in total. The van der Waals surface area contributed by atoms with Crippen LogP contribution in [-0.2, 0) is 14.2 Å². The number of anilines is 2. The molecule has 0 amide bonds. The van der Waals surface area contributed by atoms with Gasteiger partial charge in [0, 0.05) is 37.3 Å². The van der Waals surface area contributed by atoms with Gasteiger partial charge in [-0.3, -0.25) is 0 Å². The Labute approximate surface area is 296 Å². The van der Waals surface area contributed by atoms with Crippen LogP contribution in [-0.4, -0.2) is 107 Å². The van der Waals surface area contributed by atoms with Gasteiger partial charge in [0.25, 0.3) is 0 Å². The molecule has 52 heavy (non-hydrogen) atoms. The molecule has 0 unspecified atom stereocenters. The van der Waals surface area contributed by atoms with E-state index in [9.17, 15) is 14.7 Å². The number of phenols is 1. The molecule has 1 N–H and O–H groups in total. The van der Waals surface area contributed by atoms with E-state index >= 15 is 0 Å². The van der Waals surface area contributed by atoms with Gasteiger partial charge in [-0.2, -0.15) is 0 Å². The van der Waals surface area contributed by atoms with Crippen LogP contribution in [0.2, 0.25) is 0 Å². The van der Waals surface area contributed by atoms with Crippen molar-refractivity contribution >= 4 is 45.9 Å². The minimum atomic E-state index is -0.977. The van der Waals surface area contributed by atoms with E-state index < -0.39 is 11.9 Å². The number of aromatic nitrogens is 6. The van der Waals surface area contributed by atoms with Gasteiger partial charge in [0.15, 0.2) is 0 Å². The van der Waals surface area contributed by atoms with E-state index in [1.165, 1.54) is 12.1 Å². The molecule has 0 atom stereocenters. The van der Waals surface area contributed by atoms with E-state index in [0.717, 1.165) is 0 Å². The summed E-state index contributed by atoms with van der Waals surface area (Å²) in [6, 6.07) is 20.0. The first-order chi connectivity index (χ1) is 25.4. The second-order valence-corrected chi connectivity index (χ2v) is 12.0. The van der Waals surface area contributed by atoms with Crippen molar-refractivity contribution in [1.82, 2.24) is 29.9 Å². The summed E-state index contributed by atoms with van der Waals surface area (Å²) in [5.41, 5.74) is 3.72. The van der Waals surface area contributed by atoms with Gasteiger partial charge in [-0.25, -0.2) is 39.5 Å². The number of esters is 2. The Morgan fingerprint density at radius 2 is 1.15 bits per heavy atom. The maximum atomic E-state index is 13.5. The number of hydrogen-bond acceptors (Lipinski definition) is 15. The fourth-order valence-corrected chi connectivity index (χ4v) is 6.02. The Balaban J connectivity index is 1.12. The van der Waals surface area contributed by atoms with Crippen molar-refractivity contribution in [3.05, 3.63) is 84.2 Å². The van der Waals surface area contributed by atoms with Crippen LogP contribution >= 0.6 is 0 Å². The number of carbonyl (C=O) groups is 2. The minimum absolute atomic E-state index is 0.0910. The molecular formula is C37H32N8O7. The van der Waals surface area contributed by atoms with Crippen molar-refractivity contribution in [2.45, 2.75) is 0 Å². The molecular weight excluding hydrogens is 668 g/mol. The Kier molecular flexibility index (Phi) is 8.93. The van der Waals surface area contributed by atoms with Gasteiger partial charge in [-0.05, 0) is 60.7 Å². The average Bonchev–Trinajstić information content (AvgIpc) is 3.20. The van der Waals surface area contributed by atoms with Gasteiger partial charge in [0.1, 0.15) is 45.3 Å². The van der Waals surface area contributed by atoms with Gasteiger partial charge in [0.2, 0.25) is 11.9 Å². The second-order valence-electron chi connectivity index (χ2n) is 12.0. The van der Waals surface area contributed by atoms with E-state index in [2.05, 4.69) is 9.97 Å². The zero-order valence-corrected chi connectivity index (χ0v) is 28.1. The van der Waals surface area contributed by atoms with Gasteiger partial charge >= 0.3 is 11.9 Å². The van der Waals surface area contributed by atoms with Gasteiger partial charge in [-0.15, -0.1) is 0 Å². The molecule has 8 rings (SSSR count). The highest BCUT2D eigenvalue weighted by molar-refractivity contribution is 6.03. The van der Waals surface area contributed by atoms with Crippen LogP contribution in [0.5, 0.6) is 11.5 Å². The number of phenolic OH excluding ortho intramolecular Hbond substituents is 1. The molecule has 2 aromatic carbocycles. The van der Waals surface area contributed by atoms with Gasteiger partial charge < -0.3 is 33.9 Å². The summed E-state index contributed by atoms with van der Waals surface area (Å²) in [6.07, 6.45) is 0. The van der Waals surface area contributed by atoms with Crippen molar-refractivity contribution in [3.63, 3.8) is 0 Å². The first kappa shape index (κ1) is 32.9. The minimum Gasteiger partial charge on any atom is -0.508 e. The molecule has 2 saturated heterocycles. The van der Waals surface area contributed by atoms with Crippen molar-refractivity contribution in [1.29, 1.82) is 0 Å². The monoisotopic (exact) mass is 700 g/mol. The summed E-state index contributed by atoms with van der Waals surface area (Å²) in [5, 5.41) is 9.90. The highest BCUT2D eigenvalue weighted by Gasteiger charge is 2.24. The van der Waals surface area contributed by atoms with Crippen LogP contribution in [0, 0.1) is 0 Å². The van der Waals surface area contributed by atoms with Crippen molar-refractivity contribution in [2.75, 3.05) is 69.5 Å². The van der Waals surface area contributed by atoms with Crippen molar-refractivity contribution in [2.24, 2.45) is 0 Å². The number of morpholine rings is 2. The summed E-state index contributed by atoms with van der Waals surface area (Å²) < 4.78 is 21.8. The SMILES string of the molecule is COc1cccc(-c2nc(N3CCOCC3)nc3ccc(C(=O)OC(=O)c4ccc5nc(N6CCOCC6)nc(-c6ccc(O)cc6)c5n4)nc23)c1. The summed E-state index contributed by atoms with van der Waals surface area (Å²) in [4.78, 5) is 59.2. The first-order valence-electron chi connectivity index (χ1n) is 16.7. The third-order valence-corrected chi connectivity index (χ3v) is 8.74. The van der Waals surface area contributed by atoms with Crippen molar-refractivity contribution in [3.8, 4) is 34.0 Å². The normalized spacial score (nSPS) is 14.8. The largest absolute Gasteiger partial charge is 0.508 e. The lowest BCUT2D eigenvalue weighted by Gasteiger charge is -2.27. The summed E-state index contributed by atoms with van der Waals surface area (Å²) in [7, 11) is 1.58. The van der Waals surface area contributed by atoms with Crippen LogP contribution in [0.15, 0.2) is 72.8 Å². The fraction of sp³-hybridized carbons (Fsp3) is 0.243. The van der Waals surface area contributed by atoms with E-state index in [1.54, 1.807) is 43.5 Å². The number of methoxy groups -OCH3 is 1. The first-order valence-corrected chi connectivity index (χ1v) is 16.7. The van der Waals surface area contributed by atoms with E-state index in [-0.39, 0.29) is 17.1 Å². The number of ether oxygens (including phenoxy) is 4. The lowest BCUT2D eigenvalue weighted by atomic mass is 10.1. The molecule has 15 heteroatoms. The van der Waals surface area contributed by atoms with E-state index in [4.69, 9.17) is 38.9 Å². The highest BCUT2D eigenvalue weighted by atomic mass is 16.6. The molecule has 0 saturated carbocycles. The Morgan fingerprint density at radius 1 is 0.635 bits per heavy atom. The van der Waals surface area contributed by atoms with Gasteiger partial charge in [0.05, 0.1) is 44.6 Å². The molecule has 0 radical (unpaired) electrons. The molecule has 6 heterocycles. The smallest absolute Gasteiger partial charge is 0.364 e. The molecule has 2 fully saturated rings. The summed E-state index contributed by atoms with van der Waals surface area (Å²) in [5.74, 6) is -0.236. The number of aromatic hydroxyl groups is 1. The number of pyridine rings is 2. The second kappa shape index (κ2) is 14.1. The third-order valence-electron chi connectivity index (χ3n) is 8.74. The Hall–Kier alpha value is -6.32. The standard InChI is InChI=1S/C37H32N8O7/c1-49-25-4-2-3-23(21-25)31-33-27(41-37(43-31)45-15-19-51-20-16-45)10-12-29(39-33)35(48)52-34(47)28-11-9-26-32(38-28)30(22-5-7-24(46)8-6-22)42-36(40-26)44-13-17-50-18-14-44/h2-12,21,46H,13-20H2,1H3. The number of benzene rings is 2. The van der Waals surface area contributed by atoms with Crippen LogP contribution in [0.1, 0.15) is 21.0 Å². The molecule has 2 aliphatic rings. The maximum Gasteiger partial charge on any atom is 0.364 e. The van der Waals surface area contributed by atoms with Gasteiger partial charge in [-0.1, -0.05) is 12.1 Å². The summed E-state index contributed by atoms with van der Waals surface area (Å²) in [6.45, 7) is 4.69. The molecule has 0 aliphatic carbocycles. The number of nitrogens with zero attached hydrogens (tertiary/aromatic N) is 8. The van der Waals surface area contributed by atoms with Crippen LogP contribution < -0.4 is 14.5 Å². The topological polar surface area (TPSA) is 175 Å². The quantitative estimate of drug-likeness (QED) is 0.186. The summed E-state index contributed by atoms with van der Waals surface area (Å²) >= 11 is 0. The fourth-order valence-electron chi connectivity index (χ4n) is 6.02. The molecule has 6 aromatic rings. The lowest BCUT2D eigenvalue weighted by molar-refractivity contribution is 0.0390. The third kappa shape index (κ3) is 6.61. The number of hydrogen-bond donors (Lipinski definition) is 1. The Bertz CT molecular complexity index is 2310. The maximum absolute atomic E-state index is 13.5. The predicted molar refractivity (Wildman–Crippen MR) is 190 cm³/mol. The predicted octanol–water partition coefficient (Wildman–Crippen LogP) is 4.08. The molecule has 0 spiro atoms. The van der Waals surface area contributed by atoms with Crippen LogP contribution in [0.3, 0.4) is 0 Å². The number of fused-ring (bicyclic) bond motifs is 2. The zero-order valence-electron chi connectivity index (χ0n) is 28.1. The average molecular weight is 701 g/mol. The molecule has 4 aromatic heterocycles. The lowest BCUT2D eigenvalue weighted by Crippen LogP contribution is -2.37. The molecule has 262 valence electrons. The number of carbonyl (C=O) groups excluding carboxylic acids is 2. The van der Waals surface area contributed by atoms with Crippen molar-refractivity contribution < 1.29 is 33.6 Å². The Morgan fingerprint density at radius 3 is 1.67 bits per heavy atom.